The molecule has 0 radical (unpaired) electrons. The number of fused-ring (bicyclic) bond motifs is 1. The molecule has 2 aromatic heterocycles. The predicted octanol–water partition coefficient (Wildman–Crippen LogP) is 3.63. The number of hydrogen-bond acceptors (Lipinski definition) is 5. The lowest BCUT2D eigenvalue weighted by atomic mass is 9.75. The molecule has 7 nitrogen and oxygen atoms in total. The number of benzene rings is 1. The summed E-state index contributed by atoms with van der Waals surface area (Å²) in [5.74, 6) is 0.606. The van der Waals surface area contributed by atoms with Gasteiger partial charge in [0.15, 0.2) is 18.2 Å². The molecule has 3 atom stereocenters. The zero-order chi connectivity index (χ0) is 22.8. The van der Waals surface area contributed by atoms with E-state index in [0.29, 0.717) is 24.9 Å². The van der Waals surface area contributed by atoms with Crippen LogP contribution in [-0.4, -0.2) is 50.6 Å². The Morgan fingerprint density at radius 1 is 1.12 bits per heavy atom. The highest BCUT2D eigenvalue weighted by Gasteiger charge is 2.41. The maximum atomic E-state index is 13.6. The highest BCUT2D eigenvalue weighted by molar-refractivity contribution is 5.82. The molecule has 1 aromatic carbocycles. The second kappa shape index (κ2) is 9.43. The minimum Gasteiger partial charge on any atom is -0.349 e. The van der Waals surface area contributed by atoms with Crippen molar-refractivity contribution in [2.45, 2.75) is 57.2 Å². The average Bonchev–Trinajstić information content (AvgIpc) is 3.50. The fourth-order valence-electron chi connectivity index (χ4n) is 5.55. The van der Waals surface area contributed by atoms with Crippen LogP contribution in [0.5, 0.6) is 0 Å². The van der Waals surface area contributed by atoms with Gasteiger partial charge >= 0.3 is 0 Å². The lowest BCUT2D eigenvalue weighted by Crippen LogP contribution is -2.47. The van der Waals surface area contributed by atoms with Crippen LogP contribution in [-0.2, 0) is 20.7 Å². The number of ether oxygens (including phenoxy) is 1. The standard InChI is InChI=1S/C26H30N4O3/c1-18(20-7-9-21(10-8-20)23-11-13-27-24-12-14-28-30(23)24)26(32)29-22(17-33-25(29)16-31)15-19-5-3-2-4-6-19/h2-6,11-14,16,18,20-22,25H,7-10,15,17H2,1H3/t18-,20?,21?,22-,25?/m1/s1. The smallest absolute Gasteiger partial charge is 0.228 e. The summed E-state index contributed by atoms with van der Waals surface area (Å²) in [4.78, 5) is 31.3. The first-order valence-electron chi connectivity index (χ1n) is 11.9. The maximum absolute atomic E-state index is 13.6. The molecule has 172 valence electrons. The number of carbonyl (C=O) groups excluding carboxylic acids is 2. The van der Waals surface area contributed by atoms with E-state index in [1.54, 1.807) is 11.1 Å². The molecule has 1 aliphatic heterocycles. The molecule has 0 spiro atoms. The lowest BCUT2D eigenvalue weighted by Gasteiger charge is -2.35. The molecule has 2 fully saturated rings. The van der Waals surface area contributed by atoms with E-state index in [-0.39, 0.29) is 17.9 Å². The van der Waals surface area contributed by atoms with Crippen LogP contribution in [0.15, 0.2) is 54.9 Å². The number of amides is 1. The Kier molecular flexibility index (Phi) is 6.22. The number of nitrogens with zero attached hydrogens (tertiary/aromatic N) is 4. The molecule has 1 unspecified atom stereocenters. The van der Waals surface area contributed by atoms with E-state index in [9.17, 15) is 9.59 Å². The Morgan fingerprint density at radius 3 is 2.67 bits per heavy atom. The molecule has 1 saturated heterocycles. The molecule has 1 saturated carbocycles. The van der Waals surface area contributed by atoms with Gasteiger partial charge in [0.1, 0.15) is 0 Å². The summed E-state index contributed by atoms with van der Waals surface area (Å²) in [6.45, 7) is 2.41. The van der Waals surface area contributed by atoms with Gasteiger partial charge < -0.3 is 9.64 Å². The lowest BCUT2D eigenvalue weighted by molar-refractivity contribution is -0.147. The average molecular weight is 447 g/mol. The van der Waals surface area contributed by atoms with E-state index in [1.807, 2.05) is 41.9 Å². The molecule has 3 aromatic rings. The largest absolute Gasteiger partial charge is 0.349 e. The number of rotatable bonds is 6. The van der Waals surface area contributed by atoms with Crippen molar-refractivity contribution >= 4 is 17.8 Å². The first-order valence-corrected chi connectivity index (χ1v) is 11.9. The highest BCUT2D eigenvalue weighted by atomic mass is 16.5. The molecular weight excluding hydrogens is 416 g/mol. The van der Waals surface area contributed by atoms with Crippen LogP contribution in [0.25, 0.3) is 5.65 Å². The quantitative estimate of drug-likeness (QED) is 0.541. The molecular formula is C26H30N4O3. The summed E-state index contributed by atoms with van der Waals surface area (Å²) < 4.78 is 7.62. The highest BCUT2D eigenvalue weighted by Crippen LogP contribution is 2.39. The topological polar surface area (TPSA) is 76.8 Å². The van der Waals surface area contributed by atoms with Gasteiger partial charge in [-0.15, -0.1) is 0 Å². The van der Waals surface area contributed by atoms with Gasteiger partial charge in [-0.25, -0.2) is 9.50 Å². The maximum Gasteiger partial charge on any atom is 0.228 e. The summed E-state index contributed by atoms with van der Waals surface area (Å²) in [6, 6.07) is 13.9. The van der Waals surface area contributed by atoms with Crippen LogP contribution in [0.2, 0.25) is 0 Å². The molecule has 1 amide bonds. The third-order valence-electron chi connectivity index (χ3n) is 7.42. The fraction of sp³-hybridized carbons (Fsp3) is 0.462. The van der Waals surface area contributed by atoms with Gasteiger partial charge in [-0.1, -0.05) is 37.3 Å². The van der Waals surface area contributed by atoms with Crippen LogP contribution in [0.1, 0.15) is 49.8 Å². The third kappa shape index (κ3) is 4.29. The molecule has 2 aliphatic rings. The van der Waals surface area contributed by atoms with Crippen molar-refractivity contribution in [3.05, 3.63) is 66.1 Å². The normalized spacial score (nSPS) is 26.4. The van der Waals surface area contributed by atoms with Gasteiger partial charge in [-0.05, 0) is 49.7 Å². The first kappa shape index (κ1) is 21.8. The fourth-order valence-corrected chi connectivity index (χ4v) is 5.55. The van der Waals surface area contributed by atoms with Gasteiger partial charge in [0.2, 0.25) is 5.91 Å². The van der Waals surface area contributed by atoms with E-state index in [4.69, 9.17) is 4.74 Å². The molecule has 33 heavy (non-hydrogen) atoms. The van der Waals surface area contributed by atoms with Crippen LogP contribution >= 0.6 is 0 Å². The van der Waals surface area contributed by atoms with Crippen molar-refractivity contribution in [3.8, 4) is 0 Å². The van der Waals surface area contributed by atoms with E-state index in [2.05, 4.69) is 28.3 Å². The van der Waals surface area contributed by atoms with E-state index in [0.717, 1.165) is 43.2 Å². The van der Waals surface area contributed by atoms with Gasteiger partial charge in [0, 0.05) is 29.8 Å². The second-order valence-corrected chi connectivity index (χ2v) is 9.32. The number of hydrogen-bond donors (Lipinski definition) is 0. The van der Waals surface area contributed by atoms with Gasteiger partial charge in [-0.3, -0.25) is 9.59 Å². The number of carbonyl (C=O) groups is 2. The Bertz CT molecular complexity index is 1110. The second-order valence-electron chi connectivity index (χ2n) is 9.32. The monoisotopic (exact) mass is 446 g/mol. The first-order chi connectivity index (χ1) is 16.2. The minimum atomic E-state index is -0.782. The van der Waals surface area contributed by atoms with Crippen molar-refractivity contribution in [1.29, 1.82) is 0 Å². The zero-order valence-electron chi connectivity index (χ0n) is 18.9. The van der Waals surface area contributed by atoms with Crippen molar-refractivity contribution in [2.75, 3.05) is 6.61 Å². The molecule has 0 bridgehead atoms. The van der Waals surface area contributed by atoms with Gasteiger partial charge in [0.25, 0.3) is 0 Å². The van der Waals surface area contributed by atoms with Gasteiger partial charge in [-0.2, -0.15) is 5.10 Å². The van der Waals surface area contributed by atoms with Crippen LogP contribution in [0.3, 0.4) is 0 Å². The van der Waals surface area contributed by atoms with Gasteiger partial charge in [0.05, 0.1) is 18.8 Å². The van der Waals surface area contributed by atoms with Crippen molar-refractivity contribution < 1.29 is 14.3 Å². The van der Waals surface area contributed by atoms with Crippen molar-refractivity contribution in [2.24, 2.45) is 11.8 Å². The summed E-state index contributed by atoms with van der Waals surface area (Å²) in [6.07, 6.45) is 8.29. The summed E-state index contributed by atoms with van der Waals surface area (Å²) in [5, 5.41) is 4.44. The minimum absolute atomic E-state index is 0.0346. The van der Waals surface area contributed by atoms with Crippen LogP contribution in [0, 0.1) is 11.8 Å². The van der Waals surface area contributed by atoms with Crippen molar-refractivity contribution in [1.82, 2.24) is 19.5 Å². The van der Waals surface area contributed by atoms with E-state index < -0.39 is 6.23 Å². The Labute approximate surface area is 193 Å². The molecule has 3 heterocycles. The van der Waals surface area contributed by atoms with Crippen molar-refractivity contribution in [3.63, 3.8) is 0 Å². The van der Waals surface area contributed by atoms with Crippen LogP contribution < -0.4 is 0 Å². The summed E-state index contributed by atoms with van der Waals surface area (Å²) in [5.41, 5.74) is 3.21. The molecule has 0 N–H and O–H groups in total. The molecule has 1 aliphatic carbocycles. The van der Waals surface area contributed by atoms with Crippen LogP contribution in [0.4, 0.5) is 0 Å². The molecule has 5 rings (SSSR count). The number of aromatic nitrogens is 3. The van der Waals surface area contributed by atoms with E-state index >= 15 is 0 Å². The summed E-state index contributed by atoms with van der Waals surface area (Å²) >= 11 is 0. The Hall–Kier alpha value is -3.06. The zero-order valence-corrected chi connectivity index (χ0v) is 18.9. The Balaban J connectivity index is 1.26. The summed E-state index contributed by atoms with van der Waals surface area (Å²) in [7, 11) is 0. The Morgan fingerprint density at radius 2 is 1.91 bits per heavy atom. The third-order valence-corrected chi connectivity index (χ3v) is 7.42. The predicted molar refractivity (Wildman–Crippen MR) is 123 cm³/mol. The molecule has 7 heteroatoms. The SMILES string of the molecule is C[C@@H](C(=O)N1C(C=O)OC[C@H]1Cc1ccccc1)C1CCC(c2ccnc3ccnn23)CC1. The van der Waals surface area contributed by atoms with E-state index in [1.165, 1.54) is 5.69 Å². The number of aldehydes is 1.